The zero-order chi connectivity index (χ0) is 15.2. The third-order valence-electron chi connectivity index (χ3n) is 3.41. The van der Waals surface area contributed by atoms with Crippen molar-refractivity contribution in [3.8, 4) is 11.8 Å². The van der Waals surface area contributed by atoms with Crippen molar-refractivity contribution < 1.29 is 0 Å². The highest BCUT2D eigenvalue weighted by atomic mass is 35.5. The summed E-state index contributed by atoms with van der Waals surface area (Å²) < 4.78 is 0. The minimum absolute atomic E-state index is 0.336. The summed E-state index contributed by atoms with van der Waals surface area (Å²) in [6, 6.07) is 10.5. The molecule has 0 saturated heterocycles. The Morgan fingerprint density at radius 3 is 2.71 bits per heavy atom. The molecular formula is C17H19ClN2S. The van der Waals surface area contributed by atoms with Gasteiger partial charge in [-0.15, -0.1) is 11.3 Å². The highest BCUT2D eigenvalue weighted by Gasteiger charge is 2.12. The number of benzene rings is 1. The van der Waals surface area contributed by atoms with Gasteiger partial charge >= 0.3 is 0 Å². The molecule has 1 aromatic carbocycles. The van der Waals surface area contributed by atoms with E-state index in [0.717, 1.165) is 17.1 Å². The van der Waals surface area contributed by atoms with Crippen LogP contribution in [0.1, 0.15) is 29.0 Å². The summed E-state index contributed by atoms with van der Waals surface area (Å²) in [5.74, 6) is 5.95. The molecule has 1 atom stereocenters. The Balaban J connectivity index is 2.01. The van der Waals surface area contributed by atoms with Crippen LogP contribution in [-0.2, 0) is 6.54 Å². The van der Waals surface area contributed by atoms with Crippen LogP contribution >= 0.6 is 22.9 Å². The Kier molecular flexibility index (Phi) is 5.84. The van der Waals surface area contributed by atoms with Crippen molar-refractivity contribution in [1.29, 1.82) is 0 Å². The summed E-state index contributed by atoms with van der Waals surface area (Å²) in [6.45, 7) is 3.50. The Hall–Kier alpha value is -1.31. The molecule has 0 amide bonds. The summed E-state index contributed by atoms with van der Waals surface area (Å²) >= 11 is 7.67. The van der Waals surface area contributed by atoms with E-state index in [2.05, 4.69) is 54.3 Å². The lowest BCUT2D eigenvalue weighted by Crippen LogP contribution is -2.21. The van der Waals surface area contributed by atoms with E-state index >= 15 is 0 Å². The second kappa shape index (κ2) is 7.63. The van der Waals surface area contributed by atoms with Crippen molar-refractivity contribution in [2.24, 2.45) is 5.73 Å². The van der Waals surface area contributed by atoms with Gasteiger partial charge in [0.25, 0.3) is 0 Å². The van der Waals surface area contributed by atoms with Gasteiger partial charge in [-0.1, -0.05) is 35.6 Å². The van der Waals surface area contributed by atoms with E-state index in [1.165, 1.54) is 10.4 Å². The maximum atomic E-state index is 5.94. The fourth-order valence-electron chi connectivity index (χ4n) is 2.06. The molecule has 0 aliphatic carbocycles. The predicted octanol–water partition coefficient (Wildman–Crippen LogP) is 3.90. The Labute approximate surface area is 135 Å². The van der Waals surface area contributed by atoms with E-state index < -0.39 is 0 Å². The van der Waals surface area contributed by atoms with Crippen LogP contribution in [0.5, 0.6) is 0 Å². The van der Waals surface area contributed by atoms with E-state index in [9.17, 15) is 0 Å². The summed E-state index contributed by atoms with van der Waals surface area (Å²) in [5.41, 5.74) is 7.71. The molecular weight excluding hydrogens is 300 g/mol. The highest BCUT2D eigenvalue weighted by Crippen LogP contribution is 2.24. The molecule has 4 heteroatoms. The molecule has 2 aromatic rings. The highest BCUT2D eigenvalue weighted by molar-refractivity contribution is 7.10. The van der Waals surface area contributed by atoms with Crippen LogP contribution in [0.15, 0.2) is 35.7 Å². The SMILES string of the molecule is CC(c1ccc(Cl)cc1)N(C)Cc1cc(C#CCN)cs1. The molecule has 21 heavy (non-hydrogen) atoms. The van der Waals surface area contributed by atoms with Gasteiger partial charge in [-0.3, -0.25) is 4.90 Å². The molecule has 0 saturated carbocycles. The van der Waals surface area contributed by atoms with E-state index in [-0.39, 0.29) is 0 Å². The molecule has 110 valence electrons. The topological polar surface area (TPSA) is 29.3 Å². The molecule has 0 spiro atoms. The largest absolute Gasteiger partial charge is 0.320 e. The number of thiophene rings is 1. The number of nitrogens with two attached hydrogens (primary N) is 1. The number of nitrogens with zero attached hydrogens (tertiary/aromatic N) is 1. The van der Waals surface area contributed by atoms with E-state index in [0.29, 0.717) is 12.6 Å². The van der Waals surface area contributed by atoms with E-state index in [1.54, 1.807) is 11.3 Å². The predicted molar refractivity (Wildman–Crippen MR) is 91.6 cm³/mol. The lowest BCUT2D eigenvalue weighted by molar-refractivity contribution is 0.255. The molecule has 2 nitrogen and oxygen atoms in total. The average Bonchev–Trinajstić information content (AvgIpc) is 2.92. The van der Waals surface area contributed by atoms with E-state index in [4.69, 9.17) is 17.3 Å². The number of hydrogen-bond donors (Lipinski definition) is 1. The van der Waals surface area contributed by atoms with Gasteiger partial charge in [-0.25, -0.2) is 0 Å². The normalized spacial score (nSPS) is 12.0. The first-order valence-corrected chi connectivity index (χ1v) is 8.08. The van der Waals surface area contributed by atoms with Crippen molar-refractivity contribution in [2.45, 2.75) is 19.5 Å². The van der Waals surface area contributed by atoms with Crippen molar-refractivity contribution in [2.75, 3.05) is 13.6 Å². The number of hydrogen-bond acceptors (Lipinski definition) is 3. The van der Waals surface area contributed by atoms with Gasteiger partial charge in [0.1, 0.15) is 0 Å². The Bertz CT molecular complexity index is 637. The molecule has 0 bridgehead atoms. The van der Waals surface area contributed by atoms with Crippen molar-refractivity contribution in [3.63, 3.8) is 0 Å². The summed E-state index contributed by atoms with van der Waals surface area (Å²) in [4.78, 5) is 3.62. The molecule has 2 rings (SSSR count). The lowest BCUT2D eigenvalue weighted by Gasteiger charge is -2.24. The third-order valence-corrected chi connectivity index (χ3v) is 4.58. The van der Waals surface area contributed by atoms with Gasteiger partial charge < -0.3 is 5.73 Å². The molecule has 0 aliphatic rings. The lowest BCUT2D eigenvalue weighted by atomic mass is 10.1. The maximum absolute atomic E-state index is 5.94. The third kappa shape index (κ3) is 4.59. The minimum atomic E-state index is 0.336. The van der Waals surface area contributed by atoms with Crippen LogP contribution in [-0.4, -0.2) is 18.5 Å². The first kappa shape index (κ1) is 16.1. The molecule has 1 heterocycles. The zero-order valence-electron chi connectivity index (χ0n) is 12.3. The average molecular weight is 319 g/mol. The summed E-state index contributed by atoms with van der Waals surface area (Å²) in [5, 5.41) is 2.86. The fourth-order valence-corrected chi connectivity index (χ4v) is 3.07. The van der Waals surface area contributed by atoms with Crippen LogP contribution in [0.4, 0.5) is 0 Å². The van der Waals surface area contributed by atoms with Crippen molar-refractivity contribution in [1.82, 2.24) is 4.90 Å². The molecule has 0 fully saturated rings. The van der Waals surface area contributed by atoms with Gasteiger partial charge in [-0.05, 0) is 37.7 Å². The standard InChI is InChI=1S/C17H19ClN2S/c1-13(15-5-7-16(18)8-6-15)20(2)11-17-10-14(12-21-17)4-3-9-19/h5-8,10,12-13H,9,11,19H2,1-2H3. The van der Waals surface area contributed by atoms with Crippen LogP contribution in [0.3, 0.4) is 0 Å². The smallest absolute Gasteiger partial charge is 0.0555 e. The molecule has 1 unspecified atom stereocenters. The molecule has 0 aliphatic heterocycles. The number of rotatable bonds is 4. The van der Waals surface area contributed by atoms with Gasteiger partial charge in [0, 0.05) is 33.4 Å². The fraction of sp³-hybridized carbons (Fsp3) is 0.294. The van der Waals surface area contributed by atoms with Crippen molar-refractivity contribution >= 4 is 22.9 Å². The van der Waals surface area contributed by atoms with Gasteiger partial charge in [0.05, 0.1) is 6.54 Å². The van der Waals surface area contributed by atoms with Gasteiger partial charge in [-0.2, -0.15) is 0 Å². The maximum Gasteiger partial charge on any atom is 0.0555 e. The molecule has 0 radical (unpaired) electrons. The van der Waals surface area contributed by atoms with Crippen LogP contribution < -0.4 is 5.73 Å². The molecule has 2 N–H and O–H groups in total. The first-order valence-electron chi connectivity index (χ1n) is 6.82. The monoisotopic (exact) mass is 318 g/mol. The second-order valence-corrected chi connectivity index (χ2v) is 6.38. The first-order chi connectivity index (χ1) is 10.1. The van der Waals surface area contributed by atoms with Crippen molar-refractivity contribution in [3.05, 3.63) is 56.7 Å². The number of halogens is 1. The second-order valence-electron chi connectivity index (χ2n) is 4.95. The molecule has 1 aromatic heterocycles. The van der Waals surface area contributed by atoms with Crippen LogP contribution in [0.25, 0.3) is 0 Å². The van der Waals surface area contributed by atoms with Crippen LogP contribution in [0, 0.1) is 11.8 Å². The Morgan fingerprint density at radius 2 is 2.05 bits per heavy atom. The van der Waals surface area contributed by atoms with Crippen LogP contribution in [0.2, 0.25) is 5.02 Å². The zero-order valence-corrected chi connectivity index (χ0v) is 13.8. The van der Waals surface area contributed by atoms with E-state index in [1.807, 2.05) is 12.1 Å². The Morgan fingerprint density at radius 1 is 1.33 bits per heavy atom. The summed E-state index contributed by atoms with van der Waals surface area (Å²) in [7, 11) is 2.13. The minimum Gasteiger partial charge on any atom is -0.320 e. The quantitative estimate of drug-likeness (QED) is 0.866. The van der Waals surface area contributed by atoms with Gasteiger partial charge in [0.15, 0.2) is 0 Å². The summed E-state index contributed by atoms with van der Waals surface area (Å²) in [6.07, 6.45) is 0. The van der Waals surface area contributed by atoms with Gasteiger partial charge in [0.2, 0.25) is 0 Å².